The molecule has 0 fully saturated rings. The smallest absolute Gasteiger partial charge is 0.224 e. The topological polar surface area (TPSA) is 64.8 Å². The van der Waals surface area contributed by atoms with Crippen molar-refractivity contribution in [2.45, 2.75) is 39.7 Å². The Morgan fingerprint density at radius 1 is 1.11 bits per heavy atom. The zero-order valence-electron chi connectivity index (χ0n) is 12.0. The summed E-state index contributed by atoms with van der Waals surface area (Å²) in [5.74, 6) is 0.0868. The van der Waals surface area contributed by atoms with Crippen LogP contribution >= 0.6 is 0 Å². The van der Waals surface area contributed by atoms with Gasteiger partial charge in [0.2, 0.25) is 5.91 Å². The molecule has 1 amide bonds. The molecule has 0 bridgehead atoms. The molecule has 0 saturated heterocycles. The van der Waals surface area contributed by atoms with E-state index in [-0.39, 0.29) is 11.9 Å². The lowest BCUT2D eigenvalue weighted by molar-refractivity contribution is -0.133. The molecule has 2 N–H and O–H groups in total. The van der Waals surface area contributed by atoms with E-state index in [4.69, 9.17) is 15.2 Å². The second-order valence-electron chi connectivity index (χ2n) is 4.15. The summed E-state index contributed by atoms with van der Waals surface area (Å²) in [6.45, 7) is 9.56. The Kier molecular flexibility index (Phi) is 11.0. The molecule has 18 heavy (non-hydrogen) atoms. The molecule has 0 aliphatic rings. The molecule has 108 valence electrons. The van der Waals surface area contributed by atoms with Gasteiger partial charge in [-0.1, -0.05) is 6.92 Å². The van der Waals surface area contributed by atoms with Gasteiger partial charge in [0, 0.05) is 38.8 Å². The van der Waals surface area contributed by atoms with E-state index in [1.54, 1.807) is 4.90 Å². The minimum Gasteiger partial charge on any atom is -0.380 e. The number of hydrogen-bond acceptors (Lipinski definition) is 4. The summed E-state index contributed by atoms with van der Waals surface area (Å²) in [5, 5.41) is 0. The van der Waals surface area contributed by atoms with Gasteiger partial charge in [-0.3, -0.25) is 4.79 Å². The van der Waals surface area contributed by atoms with Gasteiger partial charge in [-0.15, -0.1) is 0 Å². The van der Waals surface area contributed by atoms with Crippen LogP contribution in [0, 0.1) is 0 Å². The summed E-state index contributed by atoms with van der Waals surface area (Å²) in [5.41, 5.74) is 5.81. The molecule has 5 heteroatoms. The molecule has 5 nitrogen and oxygen atoms in total. The quantitative estimate of drug-likeness (QED) is 0.563. The Labute approximate surface area is 111 Å². The van der Waals surface area contributed by atoms with Crippen molar-refractivity contribution in [3.63, 3.8) is 0 Å². The van der Waals surface area contributed by atoms with E-state index in [0.29, 0.717) is 45.9 Å². The van der Waals surface area contributed by atoms with Crippen molar-refractivity contribution < 1.29 is 14.3 Å². The third-order valence-corrected chi connectivity index (χ3v) is 2.73. The molecule has 1 unspecified atom stereocenters. The average Bonchev–Trinajstić information content (AvgIpc) is 2.37. The Balaban J connectivity index is 4.11. The summed E-state index contributed by atoms with van der Waals surface area (Å²) in [6, 6.07) is -0.0563. The second kappa shape index (κ2) is 11.4. The van der Waals surface area contributed by atoms with E-state index in [1.165, 1.54) is 0 Å². The van der Waals surface area contributed by atoms with Crippen molar-refractivity contribution in [2.24, 2.45) is 5.73 Å². The molecule has 0 aliphatic carbocycles. The van der Waals surface area contributed by atoms with Gasteiger partial charge < -0.3 is 20.1 Å². The fraction of sp³-hybridized carbons (Fsp3) is 0.923. The first-order valence-electron chi connectivity index (χ1n) is 6.84. The predicted molar refractivity (Wildman–Crippen MR) is 72.4 cm³/mol. The van der Waals surface area contributed by atoms with Gasteiger partial charge in [0.25, 0.3) is 0 Å². The molecule has 1 atom stereocenters. The Hall–Kier alpha value is -0.650. The lowest BCUT2D eigenvalue weighted by atomic mass is 10.1. The van der Waals surface area contributed by atoms with Crippen molar-refractivity contribution in [1.29, 1.82) is 0 Å². The van der Waals surface area contributed by atoms with Crippen molar-refractivity contribution in [3.05, 3.63) is 0 Å². The molecule has 0 aromatic rings. The number of ether oxygens (including phenoxy) is 2. The highest BCUT2D eigenvalue weighted by Gasteiger charge is 2.15. The summed E-state index contributed by atoms with van der Waals surface area (Å²) in [6.07, 6.45) is 1.21. The molecule has 0 heterocycles. The fourth-order valence-corrected chi connectivity index (χ4v) is 1.50. The third-order valence-electron chi connectivity index (χ3n) is 2.73. The monoisotopic (exact) mass is 260 g/mol. The third kappa shape index (κ3) is 8.44. The van der Waals surface area contributed by atoms with Crippen LogP contribution in [0.25, 0.3) is 0 Å². The number of rotatable bonds is 11. The highest BCUT2D eigenvalue weighted by Crippen LogP contribution is 2.01. The van der Waals surface area contributed by atoms with Crippen LogP contribution in [0.3, 0.4) is 0 Å². The first-order valence-corrected chi connectivity index (χ1v) is 6.84. The Bertz CT molecular complexity index is 202. The molecule has 0 spiro atoms. The van der Waals surface area contributed by atoms with E-state index in [9.17, 15) is 4.79 Å². The minimum absolute atomic E-state index is 0.0563. The molecule has 0 aromatic carbocycles. The Morgan fingerprint density at radius 3 is 2.00 bits per heavy atom. The van der Waals surface area contributed by atoms with Crippen LogP contribution in [0.4, 0.5) is 0 Å². The Morgan fingerprint density at radius 2 is 1.61 bits per heavy atom. The van der Waals surface area contributed by atoms with Gasteiger partial charge >= 0.3 is 0 Å². The highest BCUT2D eigenvalue weighted by molar-refractivity contribution is 5.76. The van der Waals surface area contributed by atoms with E-state index < -0.39 is 0 Å². The number of carbonyl (C=O) groups excluding carboxylic acids is 1. The lowest BCUT2D eigenvalue weighted by Gasteiger charge is -2.23. The summed E-state index contributed by atoms with van der Waals surface area (Å²) >= 11 is 0. The zero-order chi connectivity index (χ0) is 13.8. The second-order valence-corrected chi connectivity index (χ2v) is 4.15. The van der Waals surface area contributed by atoms with Gasteiger partial charge in [0.1, 0.15) is 0 Å². The largest absolute Gasteiger partial charge is 0.380 e. The zero-order valence-corrected chi connectivity index (χ0v) is 12.0. The highest BCUT2D eigenvalue weighted by atomic mass is 16.5. The molecule has 0 rings (SSSR count). The summed E-state index contributed by atoms with van der Waals surface area (Å²) < 4.78 is 10.6. The summed E-state index contributed by atoms with van der Waals surface area (Å²) in [4.78, 5) is 13.8. The van der Waals surface area contributed by atoms with Crippen molar-refractivity contribution in [1.82, 2.24) is 4.90 Å². The van der Waals surface area contributed by atoms with Crippen LogP contribution in [-0.2, 0) is 14.3 Å². The molecule has 0 radical (unpaired) electrons. The van der Waals surface area contributed by atoms with Crippen molar-refractivity contribution in [3.8, 4) is 0 Å². The molecule has 0 aliphatic heterocycles. The van der Waals surface area contributed by atoms with Gasteiger partial charge in [-0.25, -0.2) is 0 Å². The maximum Gasteiger partial charge on any atom is 0.224 e. The van der Waals surface area contributed by atoms with Crippen LogP contribution in [0.1, 0.15) is 33.6 Å². The van der Waals surface area contributed by atoms with E-state index in [2.05, 4.69) is 0 Å². The maximum absolute atomic E-state index is 12.0. The van der Waals surface area contributed by atoms with Crippen LogP contribution in [0.5, 0.6) is 0 Å². The number of nitrogens with zero attached hydrogens (tertiary/aromatic N) is 1. The predicted octanol–water partition coefficient (Wildman–Crippen LogP) is 1.02. The first kappa shape index (κ1) is 17.4. The number of carbonyl (C=O) groups is 1. The van der Waals surface area contributed by atoms with Crippen molar-refractivity contribution in [2.75, 3.05) is 39.5 Å². The van der Waals surface area contributed by atoms with E-state index in [0.717, 1.165) is 6.42 Å². The lowest BCUT2D eigenvalue weighted by Crippen LogP contribution is -2.39. The van der Waals surface area contributed by atoms with Gasteiger partial charge in [0.05, 0.1) is 13.2 Å². The molecule has 0 saturated carbocycles. The van der Waals surface area contributed by atoms with Gasteiger partial charge in [-0.05, 0) is 20.3 Å². The molecule has 0 aromatic heterocycles. The normalized spacial score (nSPS) is 12.4. The van der Waals surface area contributed by atoms with Gasteiger partial charge in [0.15, 0.2) is 0 Å². The van der Waals surface area contributed by atoms with Crippen LogP contribution in [0.2, 0.25) is 0 Å². The number of amides is 1. The SMILES string of the molecule is CCOCCN(CCOCC)C(=O)CC(N)CC. The maximum atomic E-state index is 12.0. The van der Waals surface area contributed by atoms with Crippen LogP contribution in [-0.4, -0.2) is 56.4 Å². The average molecular weight is 260 g/mol. The molecular formula is C13H28N2O3. The van der Waals surface area contributed by atoms with Crippen LogP contribution in [0.15, 0.2) is 0 Å². The first-order chi connectivity index (χ1) is 8.65. The standard InChI is InChI=1S/C13H28N2O3/c1-4-12(14)11-13(16)15(7-9-17-5-2)8-10-18-6-3/h12H,4-11,14H2,1-3H3. The van der Waals surface area contributed by atoms with Crippen molar-refractivity contribution >= 4 is 5.91 Å². The number of hydrogen-bond donors (Lipinski definition) is 1. The van der Waals surface area contributed by atoms with Crippen LogP contribution < -0.4 is 5.73 Å². The summed E-state index contributed by atoms with van der Waals surface area (Å²) in [7, 11) is 0. The van der Waals surface area contributed by atoms with E-state index >= 15 is 0 Å². The van der Waals surface area contributed by atoms with Gasteiger partial charge in [-0.2, -0.15) is 0 Å². The minimum atomic E-state index is -0.0563. The molecular weight excluding hydrogens is 232 g/mol. The number of nitrogens with two attached hydrogens (primary N) is 1. The van der Waals surface area contributed by atoms with E-state index in [1.807, 2.05) is 20.8 Å². The fourth-order valence-electron chi connectivity index (χ4n) is 1.50.